The van der Waals surface area contributed by atoms with Crippen molar-refractivity contribution in [2.45, 2.75) is 32.7 Å². The van der Waals surface area contributed by atoms with Gasteiger partial charge in [-0.1, -0.05) is 0 Å². The normalized spacial score (nSPS) is 18.2. The Morgan fingerprint density at radius 1 is 1.22 bits per heavy atom. The number of nitrogens with two attached hydrogens (primary N) is 1. The average Bonchev–Trinajstić information content (AvgIpc) is 2.28. The van der Waals surface area contributed by atoms with Gasteiger partial charge in [-0.2, -0.15) is 0 Å². The molecule has 4 N–H and O–H groups in total. The zero-order valence-corrected chi connectivity index (χ0v) is 11.9. The van der Waals surface area contributed by atoms with Gasteiger partial charge in [0.1, 0.15) is 5.75 Å². The number of aryl methyl sites for hydroxylation is 2. The monoisotopic (exact) mass is 270 g/mol. The van der Waals surface area contributed by atoms with E-state index in [4.69, 9.17) is 5.73 Å². The number of halogens is 1. The Balaban J connectivity index is 0.00000162. The van der Waals surface area contributed by atoms with Gasteiger partial charge in [-0.15, -0.1) is 12.4 Å². The maximum Gasteiger partial charge on any atom is 0.116 e. The zero-order valence-electron chi connectivity index (χ0n) is 11.1. The molecular formula is C14H23ClN2O. The summed E-state index contributed by atoms with van der Waals surface area (Å²) in [5.74, 6) is 0.888. The van der Waals surface area contributed by atoms with Crippen LogP contribution in [0.1, 0.15) is 35.6 Å². The lowest BCUT2D eigenvalue weighted by molar-refractivity contribution is 0.320. The molecule has 1 heterocycles. The van der Waals surface area contributed by atoms with E-state index < -0.39 is 0 Å². The molecule has 0 unspecified atom stereocenters. The van der Waals surface area contributed by atoms with E-state index in [1.807, 2.05) is 26.0 Å². The molecule has 1 atom stereocenters. The van der Waals surface area contributed by atoms with Crippen LogP contribution in [0.2, 0.25) is 0 Å². The summed E-state index contributed by atoms with van der Waals surface area (Å²) in [7, 11) is 0. The largest absolute Gasteiger partial charge is 0.508 e. The predicted octanol–water partition coefficient (Wildman–Crippen LogP) is 2.43. The molecule has 1 aliphatic rings. The van der Waals surface area contributed by atoms with E-state index in [0.717, 1.165) is 37.1 Å². The van der Waals surface area contributed by atoms with Crippen molar-refractivity contribution in [3.05, 3.63) is 28.8 Å². The number of phenolic OH excluding ortho intramolecular Hbond substituents is 1. The first-order valence-electron chi connectivity index (χ1n) is 6.36. The fourth-order valence-electron chi connectivity index (χ4n) is 2.92. The summed E-state index contributed by atoms with van der Waals surface area (Å²) >= 11 is 0. The second-order valence-electron chi connectivity index (χ2n) is 5.11. The van der Waals surface area contributed by atoms with Crippen LogP contribution in [0.4, 0.5) is 0 Å². The standard InChI is InChI=1S/C14H22N2O.ClH/c1-9-7-12(17)8-10(2)13(9)14(15)11-3-5-16-6-4-11;/h7-8,11,14,16-17H,3-6,15H2,1-2H3;1H/t14-;/m1./s1. The van der Waals surface area contributed by atoms with Crippen LogP contribution in [0.15, 0.2) is 12.1 Å². The van der Waals surface area contributed by atoms with Gasteiger partial charge in [0, 0.05) is 6.04 Å². The van der Waals surface area contributed by atoms with Crippen molar-refractivity contribution >= 4 is 12.4 Å². The molecule has 2 rings (SSSR count). The summed E-state index contributed by atoms with van der Waals surface area (Å²) in [5, 5.41) is 12.9. The Morgan fingerprint density at radius 2 is 1.72 bits per heavy atom. The summed E-state index contributed by atoms with van der Waals surface area (Å²) in [6.07, 6.45) is 2.28. The highest BCUT2D eigenvalue weighted by Gasteiger charge is 2.24. The third kappa shape index (κ3) is 3.16. The first kappa shape index (κ1) is 15.3. The minimum Gasteiger partial charge on any atom is -0.508 e. The number of hydrogen-bond acceptors (Lipinski definition) is 3. The van der Waals surface area contributed by atoms with Crippen molar-refractivity contribution in [3.8, 4) is 5.75 Å². The smallest absolute Gasteiger partial charge is 0.116 e. The van der Waals surface area contributed by atoms with Crippen molar-refractivity contribution in [1.29, 1.82) is 0 Å². The summed E-state index contributed by atoms with van der Waals surface area (Å²) in [6.45, 7) is 6.19. The van der Waals surface area contributed by atoms with Crippen LogP contribution >= 0.6 is 12.4 Å². The van der Waals surface area contributed by atoms with E-state index >= 15 is 0 Å². The van der Waals surface area contributed by atoms with E-state index in [2.05, 4.69) is 5.32 Å². The van der Waals surface area contributed by atoms with E-state index in [0.29, 0.717) is 11.7 Å². The molecule has 1 aromatic carbocycles. The van der Waals surface area contributed by atoms with Crippen molar-refractivity contribution in [2.24, 2.45) is 11.7 Å². The van der Waals surface area contributed by atoms with Crippen LogP contribution in [-0.4, -0.2) is 18.2 Å². The highest BCUT2D eigenvalue weighted by molar-refractivity contribution is 5.85. The molecule has 102 valence electrons. The predicted molar refractivity (Wildman–Crippen MR) is 77.4 cm³/mol. The lowest BCUT2D eigenvalue weighted by Crippen LogP contribution is -2.34. The number of benzene rings is 1. The minimum atomic E-state index is 0. The quantitative estimate of drug-likeness (QED) is 0.774. The van der Waals surface area contributed by atoms with Crippen LogP contribution in [0.5, 0.6) is 5.75 Å². The Kier molecular flexibility index (Phi) is 5.45. The molecule has 0 amide bonds. The first-order chi connectivity index (χ1) is 8.09. The van der Waals surface area contributed by atoms with Crippen LogP contribution in [0.3, 0.4) is 0 Å². The van der Waals surface area contributed by atoms with Crippen LogP contribution < -0.4 is 11.1 Å². The molecule has 0 aliphatic carbocycles. The van der Waals surface area contributed by atoms with E-state index in [1.165, 1.54) is 5.56 Å². The zero-order chi connectivity index (χ0) is 12.4. The van der Waals surface area contributed by atoms with Gasteiger partial charge in [0.25, 0.3) is 0 Å². The summed E-state index contributed by atoms with van der Waals surface area (Å²) in [5.41, 5.74) is 9.84. The Morgan fingerprint density at radius 3 is 2.22 bits per heavy atom. The van der Waals surface area contributed by atoms with Crippen molar-refractivity contribution < 1.29 is 5.11 Å². The Labute approximate surface area is 115 Å². The molecular weight excluding hydrogens is 248 g/mol. The molecule has 3 nitrogen and oxygen atoms in total. The van der Waals surface area contributed by atoms with Crippen LogP contribution in [0.25, 0.3) is 0 Å². The number of nitrogens with one attached hydrogen (secondary N) is 1. The fraction of sp³-hybridized carbons (Fsp3) is 0.571. The molecule has 0 bridgehead atoms. The molecule has 4 heteroatoms. The van der Waals surface area contributed by atoms with Crippen LogP contribution in [-0.2, 0) is 0 Å². The lowest BCUT2D eigenvalue weighted by Gasteiger charge is -2.30. The number of hydrogen-bond donors (Lipinski definition) is 3. The second kappa shape index (κ2) is 6.41. The Hall–Kier alpha value is -0.770. The third-order valence-corrected chi connectivity index (χ3v) is 3.80. The third-order valence-electron chi connectivity index (χ3n) is 3.80. The van der Waals surface area contributed by atoms with E-state index in [1.54, 1.807) is 0 Å². The summed E-state index contributed by atoms with van der Waals surface area (Å²) in [4.78, 5) is 0. The number of aromatic hydroxyl groups is 1. The number of phenols is 1. The van der Waals surface area contributed by atoms with E-state index in [9.17, 15) is 5.11 Å². The van der Waals surface area contributed by atoms with Gasteiger partial charge >= 0.3 is 0 Å². The van der Waals surface area contributed by atoms with Crippen molar-refractivity contribution in [3.63, 3.8) is 0 Å². The highest BCUT2D eigenvalue weighted by Crippen LogP contribution is 2.32. The SMILES string of the molecule is Cc1cc(O)cc(C)c1[C@H](N)C1CCNCC1.Cl. The van der Waals surface area contributed by atoms with Gasteiger partial charge < -0.3 is 16.2 Å². The Bertz CT molecular complexity index is 380. The lowest BCUT2D eigenvalue weighted by atomic mass is 9.83. The number of piperidine rings is 1. The minimum absolute atomic E-state index is 0. The van der Waals surface area contributed by atoms with Gasteiger partial charge in [-0.3, -0.25) is 0 Å². The second-order valence-corrected chi connectivity index (χ2v) is 5.11. The molecule has 0 saturated carbocycles. The molecule has 1 aliphatic heterocycles. The molecule has 18 heavy (non-hydrogen) atoms. The van der Waals surface area contributed by atoms with Gasteiger partial charge in [0.05, 0.1) is 0 Å². The maximum atomic E-state index is 9.56. The molecule has 0 radical (unpaired) electrons. The number of rotatable bonds is 2. The van der Waals surface area contributed by atoms with Gasteiger partial charge in [-0.05, 0) is 74.5 Å². The fourth-order valence-corrected chi connectivity index (χ4v) is 2.92. The highest BCUT2D eigenvalue weighted by atomic mass is 35.5. The van der Waals surface area contributed by atoms with Gasteiger partial charge in [-0.25, -0.2) is 0 Å². The maximum absolute atomic E-state index is 9.56. The molecule has 1 aromatic rings. The molecule has 0 aromatic heterocycles. The average molecular weight is 271 g/mol. The van der Waals surface area contributed by atoms with Crippen LogP contribution in [0, 0.1) is 19.8 Å². The van der Waals surface area contributed by atoms with Gasteiger partial charge in [0.15, 0.2) is 0 Å². The van der Waals surface area contributed by atoms with Crippen molar-refractivity contribution in [2.75, 3.05) is 13.1 Å². The summed E-state index contributed by atoms with van der Waals surface area (Å²) < 4.78 is 0. The summed E-state index contributed by atoms with van der Waals surface area (Å²) in [6, 6.07) is 3.71. The molecule has 1 fully saturated rings. The van der Waals surface area contributed by atoms with Gasteiger partial charge in [0.2, 0.25) is 0 Å². The first-order valence-corrected chi connectivity index (χ1v) is 6.36. The topological polar surface area (TPSA) is 58.3 Å². The van der Waals surface area contributed by atoms with E-state index in [-0.39, 0.29) is 18.4 Å². The molecule has 1 saturated heterocycles. The van der Waals surface area contributed by atoms with Crippen molar-refractivity contribution in [1.82, 2.24) is 5.32 Å². The molecule has 0 spiro atoms.